The second-order valence-corrected chi connectivity index (χ2v) is 6.19. The Hall–Kier alpha value is -2.06. The third-order valence-corrected chi connectivity index (χ3v) is 4.52. The van der Waals surface area contributed by atoms with Gasteiger partial charge in [-0.25, -0.2) is 4.98 Å². The maximum atomic E-state index is 6.06. The molecule has 0 aliphatic heterocycles. The molecule has 110 valence electrons. The fourth-order valence-corrected chi connectivity index (χ4v) is 3.32. The molecule has 22 heavy (non-hydrogen) atoms. The summed E-state index contributed by atoms with van der Waals surface area (Å²) in [5.74, 6) is 2.24. The highest BCUT2D eigenvalue weighted by atomic mass is 35.5. The first-order valence-electron chi connectivity index (χ1n) is 7.59. The minimum absolute atomic E-state index is 0.533. The number of benzene rings is 2. The van der Waals surface area contributed by atoms with Gasteiger partial charge in [0, 0.05) is 23.4 Å². The Morgan fingerprint density at radius 1 is 1.05 bits per heavy atom. The van der Waals surface area contributed by atoms with Crippen molar-refractivity contribution in [3.05, 3.63) is 76.6 Å². The van der Waals surface area contributed by atoms with Crippen LogP contribution in [-0.4, -0.2) is 4.98 Å². The first-order valence-corrected chi connectivity index (χ1v) is 7.97. The van der Waals surface area contributed by atoms with Gasteiger partial charge in [-0.2, -0.15) is 0 Å². The van der Waals surface area contributed by atoms with E-state index in [2.05, 4.69) is 30.3 Å². The van der Waals surface area contributed by atoms with Crippen molar-refractivity contribution in [2.24, 2.45) is 0 Å². The zero-order valence-corrected chi connectivity index (χ0v) is 12.9. The summed E-state index contributed by atoms with van der Waals surface area (Å²) in [6, 6.07) is 18.3. The molecule has 0 N–H and O–H groups in total. The molecule has 0 spiro atoms. The van der Waals surface area contributed by atoms with Crippen molar-refractivity contribution in [1.29, 1.82) is 0 Å². The van der Waals surface area contributed by atoms with Gasteiger partial charge in [0.25, 0.3) is 0 Å². The van der Waals surface area contributed by atoms with E-state index in [1.165, 1.54) is 5.56 Å². The Balaban J connectivity index is 1.64. The normalized spacial score (nSPS) is 17.2. The molecule has 0 amide bonds. The van der Waals surface area contributed by atoms with Gasteiger partial charge in [0.1, 0.15) is 5.76 Å². The number of halogens is 1. The predicted octanol–water partition coefficient (Wildman–Crippen LogP) is 5.27. The molecular weight excluding hydrogens is 294 g/mol. The van der Waals surface area contributed by atoms with Gasteiger partial charge in [0.15, 0.2) is 0 Å². The maximum absolute atomic E-state index is 6.06. The second kappa shape index (κ2) is 5.62. The lowest BCUT2D eigenvalue weighted by Crippen LogP contribution is -2.11. The lowest BCUT2D eigenvalue weighted by atomic mass is 9.85. The topological polar surface area (TPSA) is 26.0 Å². The van der Waals surface area contributed by atoms with Gasteiger partial charge in [-0.1, -0.05) is 48.0 Å². The van der Waals surface area contributed by atoms with Crippen LogP contribution in [0.2, 0.25) is 5.02 Å². The van der Waals surface area contributed by atoms with Crippen LogP contribution in [0.25, 0.3) is 11.5 Å². The zero-order valence-electron chi connectivity index (χ0n) is 12.1. The summed E-state index contributed by atoms with van der Waals surface area (Å²) >= 11 is 6.06. The Labute approximate surface area is 134 Å². The molecule has 1 aliphatic rings. The van der Waals surface area contributed by atoms with E-state index in [1.54, 1.807) is 0 Å². The molecule has 1 aliphatic carbocycles. The Bertz CT molecular complexity index is 794. The average molecular weight is 310 g/mol. The molecule has 0 saturated heterocycles. The Morgan fingerprint density at radius 3 is 2.73 bits per heavy atom. The zero-order chi connectivity index (χ0) is 14.9. The van der Waals surface area contributed by atoms with Gasteiger partial charge >= 0.3 is 0 Å². The van der Waals surface area contributed by atoms with Crippen molar-refractivity contribution in [3.63, 3.8) is 0 Å². The molecule has 2 aromatic carbocycles. The van der Waals surface area contributed by atoms with Crippen LogP contribution >= 0.6 is 11.6 Å². The first-order chi connectivity index (χ1) is 10.8. The molecule has 3 aromatic rings. The van der Waals surface area contributed by atoms with E-state index < -0.39 is 0 Å². The van der Waals surface area contributed by atoms with Gasteiger partial charge in [0.2, 0.25) is 5.89 Å². The second-order valence-electron chi connectivity index (χ2n) is 5.75. The van der Waals surface area contributed by atoms with Crippen molar-refractivity contribution >= 4 is 11.6 Å². The smallest absolute Gasteiger partial charge is 0.226 e. The molecule has 0 radical (unpaired) electrons. The molecule has 3 heteroatoms. The molecule has 1 unspecified atom stereocenters. The third kappa shape index (κ3) is 2.55. The first kappa shape index (κ1) is 13.6. The molecule has 0 bridgehead atoms. The Kier molecular flexibility index (Phi) is 3.47. The van der Waals surface area contributed by atoms with E-state index in [9.17, 15) is 0 Å². The molecule has 1 heterocycles. The van der Waals surface area contributed by atoms with Crippen LogP contribution in [0.15, 0.2) is 59.0 Å². The van der Waals surface area contributed by atoms with Crippen molar-refractivity contribution in [1.82, 2.24) is 4.98 Å². The van der Waals surface area contributed by atoms with Gasteiger partial charge < -0.3 is 4.42 Å². The van der Waals surface area contributed by atoms with E-state index in [0.29, 0.717) is 16.8 Å². The number of oxazole rings is 1. The van der Waals surface area contributed by atoms with E-state index in [0.717, 1.165) is 36.3 Å². The van der Waals surface area contributed by atoms with E-state index >= 15 is 0 Å². The SMILES string of the molecule is Clc1cccc(-c2nc3c(o2)CCC(c2ccccc2)C3)c1. The molecular formula is C19H16ClNO. The van der Waals surface area contributed by atoms with E-state index in [1.807, 2.05) is 24.3 Å². The lowest BCUT2D eigenvalue weighted by Gasteiger charge is -2.20. The van der Waals surface area contributed by atoms with Crippen LogP contribution in [0.1, 0.15) is 29.4 Å². The summed E-state index contributed by atoms with van der Waals surface area (Å²) in [5, 5.41) is 0.704. The number of hydrogen-bond donors (Lipinski definition) is 0. The molecule has 1 atom stereocenters. The van der Waals surface area contributed by atoms with Crippen molar-refractivity contribution in [3.8, 4) is 11.5 Å². The summed E-state index contributed by atoms with van der Waals surface area (Å²) in [7, 11) is 0. The number of aromatic nitrogens is 1. The number of aryl methyl sites for hydroxylation is 1. The molecule has 2 nitrogen and oxygen atoms in total. The standard InChI is InChI=1S/C19H16ClNO/c20-16-8-4-7-15(11-16)19-21-17-12-14(9-10-18(17)22-19)13-5-2-1-3-6-13/h1-8,11,14H,9-10,12H2. The fourth-order valence-electron chi connectivity index (χ4n) is 3.13. The van der Waals surface area contributed by atoms with Crippen LogP contribution in [0.4, 0.5) is 0 Å². The summed E-state index contributed by atoms with van der Waals surface area (Å²) in [6.07, 6.45) is 3.01. The maximum Gasteiger partial charge on any atom is 0.226 e. The minimum Gasteiger partial charge on any atom is -0.441 e. The third-order valence-electron chi connectivity index (χ3n) is 4.28. The summed E-state index contributed by atoms with van der Waals surface area (Å²) < 4.78 is 5.96. The van der Waals surface area contributed by atoms with Gasteiger partial charge in [-0.15, -0.1) is 0 Å². The van der Waals surface area contributed by atoms with Crippen molar-refractivity contribution in [2.45, 2.75) is 25.2 Å². The van der Waals surface area contributed by atoms with Crippen LogP contribution in [0, 0.1) is 0 Å². The number of nitrogens with zero attached hydrogens (tertiary/aromatic N) is 1. The van der Waals surface area contributed by atoms with Gasteiger partial charge in [-0.3, -0.25) is 0 Å². The highest BCUT2D eigenvalue weighted by Gasteiger charge is 2.25. The Morgan fingerprint density at radius 2 is 1.91 bits per heavy atom. The average Bonchev–Trinajstić information content (AvgIpc) is 2.99. The summed E-state index contributed by atoms with van der Waals surface area (Å²) in [6.45, 7) is 0. The molecule has 0 saturated carbocycles. The van der Waals surface area contributed by atoms with Crippen molar-refractivity contribution < 1.29 is 4.42 Å². The monoisotopic (exact) mass is 309 g/mol. The molecule has 0 fully saturated rings. The van der Waals surface area contributed by atoms with E-state index in [4.69, 9.17) is 21.0 Å². The number of rotatable bonds is 2. The van der Waals surface area contributed by atoms with Gasteiger partial charge in [0.05, 0.1) is 5.69 Å². The number of fused-ring (bicyclic) bond motifs is 1. The lowest BCUT2D eigenvalue weighted by molar-refractivity contribution is 0.465. The summed E-state index contributed by atoms with van der Waals surface area (Å²) in [5.41, 5.74) is 3.42. The van der Waals surface area contributed by atoms with Gasteiger partial charge in [-0.05, 0) is 36.1 Å². The number of hydrogen-bond acceptors (Lipinski definition) is 2. The molecule has 4 rings (SSSR count). The highest BCUT2D eigenvalue weighted by Crippen LogP contribution is 2.35. The van der Waals surface area contributed by atoms with Crippen LogP contribution in [0.5, 0.6) is 0 Å². The van der Waals surface area contributed by atoms with Crippen molar-refractivity contribution in [2.75, 3.05) is 0 Å². The fraction of sp³-hybridized carbons (Fsp3) is 0.211. The molecule has 1 aromatic heterocycles. The quantitative estimate of drug-likeness (QED) is 0.644. The van der Waals surface area contributed by atoms with Crippen LogP contribution < -0.4 is 0 Å². The van der Waals surface area contributed by atoms with Crippen LogP contribution in [0.3, 0.4) is 0 Å². The van der Waals surface area contributed by atoms with Crippen LogP contribution in [-0.2, 0) is 12.8 Å². The predicted molar refractivity (Wildman–Crippen MR) is 88.2 cm³/mol. The van der Waals surface area contributed by atoms with E-state index in [-0.39, 0.29) is 0 Å². The summed E-state index contributed by atoms with van der Waals surface area (Å²) in [4.78, 5) is 4.71. The minimum atomic E-state index is 0.533. The largest absolute Gasteiger partial charge is 0.441 e. The highest BCUT2D eigenvalue weighted by molar-refractivity contribution is 6.30.